The quantitative estimate of drug-likeness (QED) is 0.579. The van der Waals surface area contributed by atoms with E-state index in [2.05, 4.69) is 20.6 Å². The number of nitrogens with zero attached hydrogens (tertiary/aromatic N) is 5. The van der Waals surface area contributed by atoms with Gasteiger partial charge in [0.2, 0.25) is 0 Å². The second kappa shape index (κ2) is 8.57. The number of aryl methyl sites for hydroxylation is 1. The summed E-state index contributed by atoms with van der Waals surface area (Å²) in [6, 6.07) is 6.02. The van der Waals surface area contributed by atoms with Crippen molar-refractivity contribution >= 4 is 32.4 Å². The van der Waals surface area contributed by atoms with Gasteiger partial charge in [0, 0.05) is 32.6 Å². The number of rotatable bonds is 5. The molecule has 3 heterocycles. The number of sulfone groups is 1. The third-order valence-corrected chi connectivity index (χ3v) is 7.73. The maximum Gasteiger partial charge on any atom is 0.295 e. The Bertz CT molecular complexity index is 1400. The van der Waals surface area contributed by atoms with E-state index in [9.17, 15) is 22.0 Å². The molecule has 1 aromatic carbocycles. The molecular formula is C22H26F2N6O3S. The lowest BCUT2D eigenvalue weighted by atomic mass is 9.94. The zero-order valence-corrected chi connectivity index (χ0v) is 20.2. The molecule has 1 aliphatic rings. The van der Waals surface area contributed by atoms with Crippen molar-refractivity contribution in [3.63, 3.8) is 0 Å². The highest BCUT2D eigenvalue weighted by atomic mass is 32.2. The van der Waals surface area contributed by atoms with Gasteiger partial charge in [0.15, 0.2) is 27.0 Å². The molecule has 1 N–H and O–H groups in total. The van der Waals surface area contributed by atoms with Crippen LogP contribution in [-0.2, 0) is 22.8 Å². The molecular weight excluding hydrogens is 466 g/mol. The van der Waals surface area contributed by atoms with Crippen molar-refractivity contribution in [3.05, 3.63) is 51.3 Å². The molecule has 34 heavy (non-hydrogen) atoms. The minimum absolute atomic E-state index is 0.0152. The Morgan fingerprint density at radius 3 is 2.50 bits per heavy atom. The van der Waals surface area contributed by atoms with E-state index >= 15 is 0 Å². The Kier molecular flexibility index (Phi) is 6.05. The van der Waals surface area contributed by atoms with Crippen molar-refractivity contribution in [2.45, 2.75) is 32.7 Å². The summed E-state index contributed by atoms with van der Waals surface area (Å²) in [5.41, 5.74) is 0.763. The molecule has 0 radical (unpaired) electrons. The lowest BCUT2D eigenvalue weighted by Crippen LogP contribution is -2.40. The van der Waals surface area contributed by atoms with Crippen LogP contribution in [0.5, 0.6) is 0 Å². The second-order valence-corrected chi connectivity index (χ2v) is 11.0. The number of halogens is 2. The Morgan fingerprint density at radius 1 is 1.18 bits per heavy atom. The maximum atomic E-state index is 14.0. The number of anilines is 2. The van der Waals surface area contributed by atoms with Crippen LogP contribution in [0.4, 0.5) is 20.4 Å². The summed E-state index contributed by atoms with van der Waals surface area (Å²) in [5.74, 6) is -2.16. The van der Waals surface area contributed by atoms with Gasteiger partial charge in [0.1, 0.15) is 0 Å². The highest BCUT2D eigenvalue weighted by molar-refractivity contribution is 7.91. The van der Waals surface area contributed by atoms with Gasteiger partial charge >= 0.3 is 0 Å². The molecule has 0 amide bonds. The SMILES string of the molecule is Cc1c([C@@H](C)Nc2nn(C)c(=O)c3nnc(N4CCS(=O)(=O)CC4)cc23)cccc1C(C)(F)F. The van der Waals surface area contributed by atoms with Crippen molar-refractivity contribution in [3.8, 4) is 0 Å². The molecule has 2 aromatic heterocycles. The minimum Gasteiger partial charge on any atom is -0.362 e. The average Bonchev–Trinajstić information content (AvgIpc) is 2.76. The normalized spacial score (nSPS) is 17.1. The molecule has 0 saturated carbocycles. The summed E-state index contributed by atoms with van der Waals surface area (Å²) in [7, 11) is -1.58. The Hall–Kier alpha value is -3.15. The first-order chi connectivity index (χ1) is 15.9. The molecule has 1 aliphatic heterocycles. The molecule has 0 bridgehead atoms. The molecule has 3 aromatic rings. The van der Waals surface area contributed by atoms with Gasteiger partial charge in [-0.3, -0.25) is 4.79 Å². The maximum absolute atomic E-state index is 14.0. The predicted molar refractivity (Wildman–Crippen MR) is 126 cm³/mol. The van der Waals surface area contributed by atoms with E-state index in [0.29, 0.717) is 28.1 Å². The number of hydrogen-bond acceptors (Lipinski definition) is 8. The Balaban J connectivity index is 1.74. The van der Waals surface area contributed by atoms with Crippen molar-refractivity contribution in [1.82, 2.24) is 20.0 Å². The van der Waals surface area contributed by atoms with Crippen LogP contribution in [0.25, 0.3) is 10.9 Å². The summed E-state index contributed by atoms with van der Waals surface area (Å²) in [5, 5.41) is 16.2. The zero-order valence-electron chi connectivity index (χ0n) is 19.3. The van der Waals surface area contributed by atoms with E-state index in [1.807, 2.05) is 6.92 Å². The minimum atomic E-state index is -3.07. The van der Waals surface area contributed by atoms with E-state index in [4.69, 9.17) is 0 Å². The molecule has 1 saturated heterocycles. The van der Waals surface area contributed by atoms with Crippen LogP contribution >= 0.6 is 0 Å². The van der Waals surface area contributed by atoms with Gasteiger partial charge < -0.3 is 10.2 Å². The topological polar surface area (TPSA) is 110 Å². The number of alkyl halides is 2. The van der Waals surface area contributed by atoms with Crippen LogP contribution in [0.2, 0.25) is 0 Å². The third-order valence-electron chi connectivity index (χ3n) is 6.12. The zero-order chi connectivity index (χ0) is 24.8. The number of aromatic nitrogens is 4. The van der Waals surface area contributed by atoms with E-state index in [1.165, 1.54) is 13.1 Å². The smallest absolute Gasteiger partial charge is 0.295 e. The summed E-state index contributed by atoms with van der Waals surface area (Å²) >= 11 is 0. The first-order valence-corrected chi connectivity index (χ1v) is 12.6. The fourth-order valence-corrected chi connectivity index (χ4v) is 5.41. The third kappa shape index (κ3) is 4.59. The van der Waals surface area contributed by atoms with Crippen LogP contribution in [0.3, 0.4) is 0 Å². The van der Waals surface area contributed by atoms with Gasteiger partial charge in [-0.25, -0.2) is 21.9 Å². The van der Waals surface area contributed by atoms with Gasteiger partial charge in [-0.1, -0.05) is 18.2 Å². The van der Waals surface area contributed by atoms with Crippen molar-refractivity contribution in [2.24, 2.45) is 7.05 Å². The van der Waals surface area contributed by atoms with E-state index in [-0.39, 0.29) is 35.7 Å². The fourth-order valence-electron chi connectivity index (χ4n) is 4.21. The highest BCUT2D eigenvalue weighted by Crippen LogP contribution is 2.34. The van der Waals surface area contributed by atoms with Crippen LogP contribution in [0, 0.1) is 6.92 Å². The predicted octanol–water partition coefficient (Wildman–Crippen LogP) is 2.55. The van der Waals surface area contributed by atoms with Crippen LogP contribution in [-0.4, -0.2) is 53.0 Å². The van der Waals surface area contributed by atoms with Crippen LogP contribution in [0.15, 0.2) is 29.1 Å². The molecule has 9 nitrogen and oxygen atoms in total. The van der Waals surface area contributed by atoms with E-state index < -0.39 is 27.4 Å². The molecule has 12 heteroatoms. The Labute approximate surface area is 195 Å². The molecule has 0 unspecified atom stereocenters. The summed E-state index contributed by atoms with van der Waals surface area (Å²) in [6.07, 6.45) is 0. The van der Waals surface area contributed by atoms with Crippen LogP contribution < -0.4 is 15.8 Å². The van der Waals surface area contributed by atoms with Gasteiger partial charge in [-0.15, -0.1) is 10.2 Å². The van der Waals surface area contributed by atoms with Crippen molar-refractivity contribution in [1.29, 1.82) is 0 Å². The fraction of sp³-hybridized carbons (Fsp3) is 0.455. The second-order valence-electron chi connectivity index (χ2n) is 8.66. The standard InChI is InChI=1S/C22H26F2N6O3S/c1-13-15(6-5-7-17(13)22(3,23)24)14(2)25-20-16-12-18(30-8-10-34(32,33)11-9-30)26-27-19(16)21(31)29(4)28-20/h5-7,12,14H,8-11H2,1-4H3,(H,25,28)/t14-/m1/s1. The molecule has 0 aliphatic carbocycles. The molecule has 1 fully saturated rings. The number of nitrogens with one attached hydrogen (secondary N) is 1. The number of benzene rings is 1. The first-order valence-electron chi connectivity index (χ1n) is 10.8. The van der Waals surface area contributed by atoms with Gasteiger partial charge in [0.25, 0.3) is 11.5 Å². The number of hydrogen-bond donors (Lipinski definition) is 1. The van der Waals surface area contributed by atoms with Gasteiger partial charge in [-0.05, 0) is 31.0 Å². The molecule has 0 spiro atoms. The Morgan fingerprint density at radius 2 is 1.85 bits per heavy atom. The lowest BCUT2D eigenvalue weighted by Gasteiger charge is -2.27. The average molecular weight is 493 g/mol. The number of fused-ring (bicyclic) bond motifs is 1. The van der Waals surface area contributed by atoms with Gasteiger partial charge in [0.05, 0.1) is 22.9 Å². The summed E-state index contributed by atoms with van der Waals surface area (Å²) in [6.45, 7) is 4.89. The monoisotopic (exact) mass is 492 g/mol. The molecule has 182 valence electrons. The molecule has 4 rings (SSSR count). The first kappa shape index (κ1) is 24.0. The lowest BCUT2D eigenvalue weighted by molar-refractivity contribution is 0.0167. The summed E-state index contributed by atoms with van der Waals surface area (Å²) < 4.78 is 52.7. The van der Waals surface area contributed by atoms with E-state index in [1.54, 1.807) is 30.0 Å². The summed E-state index contributed by atoms with van der Waals surface area (Å²) in [4.78, 5) is 14.4. The van der Waals surface area contributed by atoms with Crippen molar-refractivity contribution < 1.29 is 17.2 Å². The highest BCUT2D eigenvalue weighted by Gasteiger charge is 2.28. The largest absolute Gasteiger partial charge is 0.362 e. The molecule has 1 atom stereocenters. The van der Waals surface area contributed by atoms with Gasteiger partial charge in [-0.2, -0.15) is 5.10 Å². The van der Waals surface area contributed by atoms with Crippen molar-refractivity contribution in [2.75, 3.05) is 34.8 Å². The van der Waals surface area contributed by atoms with E-state index in [0.717, 1.165) is 11.6 Å². The van der Waals surface area contributed by atoms with Crippen LogP contribution in [0.1, 0.15) is 36.6 Å².